The van der Waals surface area contributed by atoms with Crippen molar-refractivity contribution >= 4 is 11.0 Å². The number of morpholine rings is 1. The lowest BCUT2D eigenvalue weighted by Crippen LogP contribution is -2.38. The van der Waals surface area contributed by atoms with Gasteiger partial charge in [0.2, 0.25) is 5.75 Å². The molecule has 0 aliphatic carbocycles. The molecule has 146 valence electrons. The van der Waals surface area contributed by atoms with Gasteiger partial charge in [0, 0.05) is 37.3 Å². The van der Waals surface area contributed by atoms with E-state index in [0.29, 0.717) is 37.7 Å². The minimum absolute atomic E-state index is 0.0150. The molecule has 28 heavy (non-hydrogen) atoms. The van der Waals surface area contributed by atoms with Crippen molar-refractivity contribution in [3.63, 3.8) is 0 Å². The molecule has 7 heteroatoms. The Kier molecular flexibility index (Phi) is 5.18. The number of phenols is 2. The van der Waals surface area contributed by atoms with Gasteiger partial charge in [0.25, 0.3) is 0 Å². The van der Waals surface area contributed by atoms with Crippen LogP contribution in [-0.4, -0.2) is 54.6 Å². The fourth-order valence-electron chi connectivity index (χ4n) is 3.27. The van der Waals surface area contributed by atoms with Gasteiger partial charge in [-0.2, -0.15) is 0 Å². The van der Waals surface area contributed by atoms with E-state index in [2.05, 4.69) is 4.90 Å². The topological polar surface area (TPSA) is 92.4 Å². The van der Waals surface area contributed by atoms with E-state index in [-0.39, 0.29) is 28.2 Å². The first-order chi connectivity index (χ1) is 13.6. The highest BCUT2D eigenvalue weighted by molar-refractivity contribution is 5.91. The van der Waals surface area contributed by atoms with Crippen molar-refractivity contribution in [1.29, 1.82) is 0 Å². The summed E-state index contributed by atoms with van der Waals surface area (Å²) in [7, 11) is 0. The number of nitrogens with zero attached hydrogens (tertiary/aromatic N) is 1. The fraction of sp³-hybridized carbons (Fsp3) is 0.286. The Morgan fingerprint density at radius 3 is 2.54 bits per heavy atom. The largest absolute Gasteiger partial charge is 0.507 e. The number of aromatic hydroxyl groups is 2. The molecule has 0 amide bonds. The molecule has 0 spiro atoms. The van der Waals surface area contributed by atoms with E-state index >= 15 is 0 Å². The van der Waals surface area contributed by atoms with E-state index in [0.717, 1.165) is 19.2 Å². The Hall–Kier alpha value is -3.03. The monoisotopic (exact) mass is 383 g/mol. The Labute approximate surface area is 161 Å². The van der Waals surface area contributed by atoms with Crippen LogP contribution in [0.15, 0.2) is 51.7 Å². The van der Waals surface area contributed by atoms with Gasteiger partial charge in [-0.15, -0.1) is 0 Å². The van der Waals surface area contributed by atoms with Crippen LogP contribution in [0.5, 0.6) is 17.2 Å². The minimum atomic E-state index is -0.407. The third kappa shape index (κ3) is 3.67. The molecule has 0 bridgehead atoms. The maximum absolute atomic E-state index is 12.6. The van der Waals surface area contributed by atoms with Crippen LogP contribution >= 0.6 is 0 Å². The van der Waals surface area contributed by atoms with Crippen LogP contribution in [0.1, 0.15) is 0 Å². The highest BCUT2D eigenvalue weighted by Crippen LogP contribution is 2.40. The van der Waals surface area contributed by atoms with E-state index in [1.54, 1.807) is 0 Å². The Morgan fingerprint density at radius 1 is 1.04 bits per heavy atom. The Bertz CT molecular complexity index is 1020. The zero-order chi connectivity index (χ0) is 19.5. The number of ether oxygens (including phenoxy) is 2. The highest BCUT2D eigenvalue weighted by Gasteiger charge is 2.20. The van der Waals surface area contributed by atoms with Crippen LogP contribution < -0.4 is 10.2 Å². The van der Waals surface area contributed by atoms with Crippen molar-refractivity contribution in [1.82, 2.24) is 4.90 Å². The molecule has 1 aliphatic rings. The second-order valence-electron chi connectivity index (χ2n) is 6.59. The van der Waals surface area contributed by atoms with Crippen molar-refractivity contribution in [2.45, 2.75) is 0 Å². The molecule has 0 unspecified atom stereocenters. The van der Waals surface area contributed by atoms with Crippen molar-refractivity contribution < 1.29 is 24.1 Å². The smallest absolute Gasteiger partial charge is 0.205 e. The minimum Gasteiger partial charge on any atom is -0.507 e. The number of hydrogen-bond donors (Lipinski definition) is 2. The first-order valence-electron chi connectivity index (χ1n) is 9.14. The molecular weight excluding hydrogens is 362 g/mol. The molecule has 7 nitrogen and oxygen atoms in total. The van der Waals surface area contributed by atoms with Gasteiger partial charge in [-0.1, -0.05) is 30.3 Å². The maximum atomic E-state index is 12.6. The molecule has 0 saturated carbocycles. The molecule has 1 aliphatic heterocycles. The second kappa shape index (κ2) is 7.92. The summed E-state index contributed by atoms with van der Waals surface area (Å²) in [4.78, 5) is 14.8. The molecule has 4 rings (SSSR count). The number of benzene rings is 2. The van der Waals surface area contributed by atoms with Gasteiger partial charge < -0.3 is 24.1 Å². The predicted molar refractivity (Wildman–Crippen MR) is 104 cm³/mol. The van der Waals surface area contributed by atoms with Gasteiger partial charge in [0.1, 0.15) is 23.5 Å². The normalized spacial score (nSPS) is 15.0. The van der Waals surface area contributed by atoms with Crippen LogP contribution in [0.3, 0.4) is 0 Å². The summed E-state index contributed by atoms with van der Waals surface area (Å²) in [5.74, 6) is -0.237. The Morgan fingerprint density at radius 2 is 1.79 bits per heavy atom. The summed E-state index contributed by atoms with van der Waals surface area (Å²) < 4.78 is 17.0. The van der Waals surface area contributed by atoms with Crippen molar-refractivity contribution in [2.24, 2.45) is 0 Å². The molecule has 0 radical (unpaired) electrons. The van der Waals surface area contributed by atoms with Crippen LogP contribution in [0.4, 0.5) is 0 Å². The molecule has 0 atom stereocenters. The third-order valence-electron chi connectivity index (χ3n) is 4.73. The summed E-state index contributed by atoms with van der Waals surface area (Å²) in [6.45, 7) is 3.95. The van der Waals surface area contributed by atoms with Crippen LogP contribution in [0, 0.1) is 0 Å². The van der Waals surface area contributed by atoms with Gasteiger partial charge in [0.15, 0.2) is 16.8 Å². The molecule has 1 fully saturated rings. The third-order valence-corrected chi connectivity index (χ3v) is 4.73. The van der Waals surface area contributed by atoms with Crippen molar-refractivity contribution in [3.05, 3.63) is 52.7 Å². The van der Waals surface area contributed by atoms with Gasteiger partial charge in [0.05, 0.1) is 13.2 Å². The number of fused-ring (bicyclic) bond motifs is 1. The summed E-state index contributed by atoms with van der Waals surface area (Å²) in [5.41, 5.74) is 0.338. The standard InChI is InChI=1S/C21H21NO6/c23-15-12-17(25)20(27-11-8-22-6-9-26-10-7-22)21-19(15)16(24)13-18(28-21)14-4-2-1-3-5-14/h1-5,12-13,23,25H,6-11H2. The number of phenolic OH excluding ortho intramolecular Hbond substituents is 2. The lowest BCUT2D eigenvalue weighted by atomic mass is 10.1. The van der Waals surface area contributed by atoms with Crippen molar-refractivity contribution in [3.8, 4) is 28.6 Å². The average molecular weight is 383 g/mol. The quantitative estimate of drug-likeness (QED) is 0.700. The van der Waals surface area contributed by atoms with Gasteiger partial charge in [-0.3, -0.25) is 9.69 Å². The number of hydrogen-bond acceptors (Lipinski definition) is 7. The molecule has 2 heterocycles. The van der Waals surface area contributed by atoms with Crippen LogP contribution in [0.2, 0.25) is 0 Å². The predicted octanol–water partition coefficient (Wildman–Crippen LogP) is 2.58. The van der Waals surface area contributed by atoms with E-state index in [1.807, 2.05) is 30.3 Å². The molecule has 2 aromatic carbocycles. The first kappa shape index (κ1) is 18.3. The summed E-state index contributed by atoms with van der Waals surface area (Å²) >= 11 is 0. The molecule has 2 N–H and O–H groups in total. The van der Waals surface area contributed by atoms with Gasteiger partial charge >= 0.3 is 0 Å². The zero-order valence-electron chi connectivity index (χ0n) is 15.3. The summed E-state index contributed by atoms with van der Waals surface area (Å²) in [6.07, 6.45) is 0. The molecular formula is C21H21NO6. The Balaban J connectivity index is 1.70. The molecule has 3 aromatic rings. The SMILES string of the molecule is O=c1cc(-c2ccccc2)oc2c(OCCN3CCOCC3)c(O)cc(O)c12. The van der Waals surface area contributed by atoms with Crippen molar-refractivity contribution in [2.75, 3.05) is 39.5 Å². The zero-order valence-corrected chi connectivity index (χ0v) is 15.3. The summed E-state index contributed by atoms with van der Waals surface area (Å²) in [5, 5.41) is 20.4. The van der Waals surface area contributed by atoms with Crippen LogP contribution in [0.25, 0.3) is 22.3 Å². The molecule has 1 saturated heterocycles. The van der Waals surface area contributed by atoms with E-state index in [9.17, 15) is 15.0 Å². The molecule has 1 aromatic heterocycles. The maximum Gasteiger partial charge on any atom is 0.205 e. The summed E-state index contributed by atoms with van der Waals surface area (Å²) in [6, 6.07) is 11.6. The lowest BCUT2D eigenvalue weighted by molar-refractivity contribution is 0.0321. The van der Waals surface area contributed by atoms with Gasteiger partial charge in [-0.25, -0.2) is 0 Å². The average Bonchev–Trinajstić information content (AvgIpc) is 2.71. The fourth-order valence-corrected chi connectivity index (χ4v) is 3.27. The first-order valence-corrected chi connectivity index (χ1v) is 9.14. The van der Waals surface area contributed by atoms with E-state index < -0.39 is 5.43 Å². The highest BCUT2D eigenvalue weighted by atomic mass is 16.5. The van der Waals surface area contributed by atoms with E-state index in [1.165, 1.54) is 6.07 Å². The lowest BCUT2D eigenvalue weighted by Gasteiger charge is -2.26. The second-order valence-corrected chi connectivity index (χ2v) is 6.59. The number of rotatable bonds is 5. The van der Waals surface area contributed by atoms with E-state index in [4.69, 9.17) is 13.9 Å². The van der Waals surface area contributed by atoms with Crippen LogP contribution in [-0.2, 0) is 4.74 Å². The van der Waals surface area contributed by atoms with Gasteiger partial charge in [-0.05, 0) is 0 Å².